The Hall–Kier alpha value is -1.99. The van der Waals surface area contributed by atoms with E-state index in [0.717, 1.165) is 22.2 Å². The number of nitrogens with zero attached hydrogens (tertiary/aromatic N) is 3. The molecule has 1 aromatic heterocycles. The van der Waals surface area contributed by atoms with Crippen LogP contribution in [0.5, 0.6) is 0 Å². The summed E-state index contributed by atoms with van der Waals surface area (Å²) >= 11 is 1.60. The molecular formula is C18H25FN4OS. The van der Waals surface area contributed by atoms with Crippen molar-refractivity contribution in [2.45, 2.75) is 33.0 Å². The third-order valence-electron chi connectivity index (χ3n) is 3.92. The highest BCUT2D eigenvalue weighted by Crippen LogP contribution is 2.21. The van der Waals surface area contributed by atoms with Crippen molar-refractivity contribution in [1.82, 2.24) is 15.2 Å². The summed E-state index contributed by atoms with van der Waals surface area (Å²) < 4.78 is 18.7. The summed E-state index contributed by atoms with van der Waals surface area (Å²) in [7, 11) is 5.39. The number of aromatic nitrogens is 1. The van der Waals surface area contributed by atoms with Gasteiger partial charge in [0, 0.05) is 33.1 Å². The molecule has 0 saturated carbocycles. The molecule has 1 atom stereocenters. The molecule has 7 heteroatoms. The second kappa shape index (κ2) is 8.92. The number of aryl methyl sites for hydroxylation is 1. The van der Waals surface area contributed by atoms with Gasteiger partial charge in [0.25, 0.3) is 0 Å². The van der Waals surface area contributed by atoms with Gasteiger partial charge in [0.1, 0.15) is 16.9 Å². The summed E-state index contributed by atoms with van der Waals surface area (Å²) in [6, 6.07) is 5.11. The molecule has 0 fully saturated rings. The summed E-state index contributed by atoms with van der Waals surface area (Å²) in [6.07, 6.45) is 0.00297. The molecule has 2 aromatic rings. The molecule has 1 aromatic carbocycles. The smallest absolute Gasteiger partial charge is 0.194 e. The number of ether oxygens (including phenoxy) is 1. The number of halogens is 1. The molecule has 0 spiro atoms. The van der Waals surface area contributed by atoms with Crippen LogP contribution in [0.25, 0.3) is 0 Å². The van der Waals surface area contributed by atoms with Crippen LogP contribution in [0.4, 0.5) is 4.39 Å². The average molecular weight is 364 g/mol. The van der Waals surface area contributed by atoms with Crippen LogP contribution in [0.3, 0.4) is 0 Å². The molecule has 25 heavy (non-hydrogen) atoms. The summed E-state index contributed by atoms with van der Waals surface area (Å²) in [5.41, 5.74) is 2.63. The SMILES string of the molecule is CN=C(NCc1ccc(F)c(C)c1)N(C)Cc1csc(C(C)OC)n1. The van der Waals surface area contributed by atoms with E-state index in [1.165, 1.54) is 6.07 Å². The lowest BCUT2D eigenvalue weighted by molar-refractivity contribution is 0.119. The predicted octanol–water partition coefficient (Wildman–Crippen LogP) is 3.51. The molecule has 2 rings (SSSR count). The Morgan fingerprint density at radius 2 is 2.24 bits per heavy atom. The van der Waals surface area contributed by atoms with Crippen molar-refractivity contribution in [3.8, 4) is 0 Å². The van der Waals surface area contributed by atoms with Crippen LogP contribution >= 0.6 is 11.3 Å². The number of aliphatic imine (C=N–C) groups is 1. The van der Waals surface area contributed by atoms with E-state index in [1.54, 1.807) is 38.5 Å². The molecule has 0 saturated heterocycles. The van der Waals surface area contributed by atoms with Gasteiger partial charge in [-0.25, -0.2) is 9.37 Å². The molecule has 5 nitrogen and oxygen atoms in total. The fourth-order valence-electron chi connectivity index (χ4n) is 2.38. The van der Waals surface area contributed by atoms with Gasteiger partial charge >= 0.3 is 0 Å². The highest BCUT2D eigenvalue weighted by molar-refractivity contribution is 7.09. The maximum atomic E-state index is 13.4. The molecule has 0 amide bonds. The van der Waals surface area contributed by atoms with E-state index in [4.69, 9.17) is 4.74 Å². The van der Waals surface area contributed by atoms with Crippen LogP contribution in [0.1, 0.15) is 34.9 Å². The first-order chi connectivity index (χ1) is 11.9. The van der Waals surface area contributed by atoms with Crippen molar-refractivity contribution < 1.29 is 9.13 Å². The summed E-state index contributed by atoms with van der Waals surface area (Å²) in [5, 5.41) is 6.31. The third kappa shape index (κ3) is 5.24. The molecule has 0 radical (unpaired) electrons. The second-order valence-electron chi connectivity index (χ2n) is 5.90. The Morgan fingerprint density at radius 1 is 1.48 bits per heavy atom. The van der Waals surface area contributed by atoms with E-state index >= 15 is 0 Å². The topological polar surface area (TPSA) is 49.8 Å². The summed E-state index contributed by atoms with van der Waals surface area (Å²) in [5.74, 6) is 0.575. The molecule has 0 aliphatic heterocycles. The van der Waals surface area contributed by atoms with Gasteiger partial charge in [-0.3, -0.25) is 4.99 Å². The second-order valence-corrected chi connectivity index (χ2v) is 6.79. The Kier molecular flexibility index (Phi) is 6.90. The number of thiazole rings is 1. The first-order valence-electron chi connectivity index (χ1n) is 8.08. The largest absolute Gasteiger partial charge is 0.375 e. The number of rotatable bonds is 6. The molecule has 1 heterocycles. The van der Waals surface area contributed by atoms with Gasteiger partial charge in [-0.2, -0.15) is 0 Å². The fourth-order valence-corrected chi connectivity index (χ4v) is 3.23. The highest BCUT2D eigenvalue weighted by atomic mass is 32.1. The Bertz CT molecular complexity index is 732. The van der Waals surface area contributed by atoms with Crippen molar-refractivity contribution in [3.63, 3.8) is 0 Å². The molecule has 0 aliphatic carbocycles. The molecular weight excluding hydrogens is 339 g/mol. The molecule has 1 N–H and O–H groups in total. The first kappa shape index (κ1) is 19.3. The number of hydrogen-bond donors (Lipinski definition) is 1. The van der Waals surface area contributed by atoms with E-state index < -0.39 is 0 Å². The van der Waals surface area contributed by atoms with E-state index in [0.29, 0.717) is 18.7 Å². The van der Waals surface area contributed by atoms with E-state index in [2.05, 4.69) is 15.3 Å². The Labute approximate surface area is 152 Å². The first-order valence-corrected chi connectivity index (χ1v) is 8.96. The van der Waals surface area contributed by atoms with Crippen LogP contribution in [0.2, 0.25) is 0 Å². The van der Waals surface area contributed by atoms with Crippen molar-refractivity contribution >= 4 is 17.3 Å². The lowest BCUT2D eigenvalue weighted by atomic mass is 10.1. The zero-order valence-electron chi connectivity index (χ0n) is 15.3. The van der Waals surface area contributed by atoms with Gasteiger partial charge in [-0.05, 0) is 31.0 Å². The average Bonchev–Trinajstić information content (AvgIpc) is 3.06. The van der Waals surface area contributed by atoms with E-state index in [9.17, 15) is 4.39 Å². The van der Waals surface area contributed by atoms with Gasteiger partial charge in [0.05, 0.1) is 12.2 Å². The van der Waals surface area contributed by atoms with Crippen molar-refractivity contribution in [3.05, 3.63) is 51.2 Å². The Morgan fingerprint density at radius 3 is 2.88 bits per heavy atom. The van der Waals surface area contributed by atoms with Gasteiger partial charge in [-0.15, -0.1) is 11.3 Å². The normalized spacial score (nSPS) is 13.0. The minimum atomic E-state index is -0.185. The van der Waals surface area contributed by atoms with Crippen LogP contribution in [-0.2, 0) is 17.8 Å². The zero-order valence-corrected chi connectivity index (χ0v) is 16.2. The fraction of sp³-hybridized carbons (Fsp3) is 0.444. The predicted molar refractivity (Wildman–Crippen MR) is 100 cm³/mol. The number of benzene rings is 1. The zero-order chi connectivity index (χ0) is 18.4. The quantitative estimate of drug-likeness (QED) is 0.630. The van der Waals surface area contributed by atoms with Crippen LogP contribution in [-0.4, -0.2) is 37.0 Å². The standard InChI is InChI=1S/C18H25FN4OS/c1-12-8-14(6-7-16(12)19)9-21-18(20-3)23(4)10-15-11-25-17(22-15)13(2)24-5/h6-8,11,13H,9-10H2,1-5H3,(H,20,21). The van der Waals surface area contributed by atoms with Crippen molar-refractivity contribution in [2.75, 3.05) is 21.2 Å². The minimum Gasteiger partial charge on any atom is -0.375 e. The number of methoxy groups -OCH3 is 1. The van der Waals surface area contributed by atoms with Crippen LogP contribution < -0.4 is 5.32 Å². The van der Waals surface area contributed by atoms with Crippen LogP contribution in [0.15, 0.2) is 28.6 Å². The molecule has 1 unspecified atom stereocenters. The van der Waals surface area contributed by atoms with E-state index in [1.807, 2.05) is 30.3 Å². The lowest BCUT2D eigenvalue weighted by Crippen LogP contribution is -2.38. The summed E-state index contributed by atoms with van der Waals surface area (Å²) in [4.78, 5) is 10.9. The van der Waals surface area contributed by atoms with Gasteiger partial charge in [-0.1, -0.05) is 12.1 Å². The maximum Gasteiger partial charge on any atom is 0.194 e. The number of guanidine groups is 1. The van der Waals surface area contributed by atoms with Crippen LogP contribution in [0, 0.1) is 12.7 Å². The van der Waals surface area contributed by atoms with Crippen molar-refractivity contribution in [2.24, 2.45) is 4.99 Å². The minimum absolute atomic E-state index is 0.00297. The third-order valence-corrected chi connectivity index (χ3v) is 4.97. The molecule has 136 valence electrons. The van der Waals surface area contributed by atoms with Gasteiger partial charge in [0.2, 0.25) is 0 Å². The monoisotopic (exact) mass is 364 g/mol. The maximum absolute atomic E-state index is 13.4. The summed E-state index contributed by atoms with van der Waals surface area (Å²) in [6.45, 7) is 4.98. The van der Waals surface area contributed by atoms with E-state index in [-0.39, 0.29) is 11.9 Å². The molecule has 0 aliphatic rings. The van der Waals surface area contributed by atoms with Gasteiger partial charge < -0.3 is 15.0 Å². The highest BCUT2D eigenvalue weighted by Gasteiger charge is 2.12. The Balaban J connectivity index is 1.95. The van der Waals surface area contributed by atoms with Gasteiger partial charge in [0.15, 0.2) is 5.96 Å². The number of hydrogen-bond acceptors (Lipinski definition) is 4. The van der Waals surface area contributed by atoms with Crippen molar-refractivity contribution in [1.29, 1.82) is 0 Å². The molecule has 0 bridgehead atoms. The number of nitrogens with one attached hydrogen (secondary N) is 1. The lowest BCUT2D eigenvalue weighted by Gasteiger charge is -2.21.